The third kappa shape index (κ3) is 3.94. The van der Waals surface area contributed by atoms with Gasteiger partial charge in [0.25, 0.3) is 5.91 Å². The van der Waals surface area contributed by atoms with E-state index in [4.69, 9.17) is 9.15 Å². The standard InChI is InChI=1S/C26H21NO4/c28-25(27-20-10-9-17-7-4-8-19(17)13-20)16-30-21-11-12-22-24(14-21)31-15-23(26(22)29)18-5-2-1-3-6-18/h1-3,5-6,9-15H,4,7-8,16H2,(H,27,28). The summed E-state index contributed by atoms with van der Waals surface area (Å²) in [6.07, 6.45) is 4.80. The number of carbonyl (C=O) groups excluding carboxylic acids is 1. The summed E-state index contributed by atoms with van der Waals surface area (Å²) in [5, 5.41) is 3.35. The Labute approximate surface area is 179 Å². The molecule has 3 aromatic carbocycles. The van der Waals surface area contributed by atoms with Gasteiger partial charge >= 0.3 is 0 Å². The fraction of sp³-hybridized carbons (Fsp3) is 0.154. The summed E-state index contributed by atoms with van der Waals surface area (Å²) in [5.74, 6) is 0.228. The number of carbonyl (C=O) groups is 1. The van der Waals surface area contributed by atoms with E-state index in [1.165, 1.54) is 23.8 Å². The molecule has 5 nitrogen and oxygen atoms in total. The maximum atomic E-state index is 12.8. The number of rotatable bonds is 5. The first-order valence-electron chi connectivity index (χ1n) is 10.3. The summed E-state index contributed by atoms with van der Waals surface area (Å²) >= 11 is 0. The molecule has 0 atom stereocenters. The zero-order valence-corrected chi connectivity index (χ0v) is 16.9. The highest BCUT2D eigenvalue weighted by molar-refractivity contribution is 5.92. The molecular formula is C26H21NO4. The Hall–Kier alpha value is -3.86. The highest BCUT2D eigenvalue weighted by Crippen LogP contribution is 2.25. The van der Waals surface area contributed by atoms with Crippen molar-refractivity contribution < 1.29 is 13.9 Å². The molecule has 1 aromatic heterocycles. The van der Waals surface area contributed by atoms with Crippen molar-refractivity contribution in [2.75, 3.05) is 11.9 Å². The SMILES string of the molecule is O=C(COc1ccc2c(=O)c(-c3ccccc3)coc2c1)Nc1ccc2c(c1)CCC2. The predicted molar refractivity (Wildman–Crippen MR) is 121 cm³/mol. The maximum absolute atomic E-state index is 12.8. The molecule has 0 aliphatic heterocycles. The molecule has 0 spiro atoms. The number of hydrogen-bond donors (Lipinski definition) is 1. The average Bonchev–Trinajstić information content (AvgIpc) is 3.26. The minimum Gasteiger partial charge on any atom is -0.484 e. The zero-order valence-electron chi connectivity index (χ0n) is 16.9. The Morgan fingerprint density at radius 3 is 2.68 bits per heavy atom. The Balaban J connectivity index is 1.28. The smallest absolute Gasteiger partial charge is 0.262 e. The normalized spacial score (nSPS) is 12.5. The van der Waals surface area contributed by atoms with Crippen molar-refractivity contribution in [3.05, 3.63) is 94.3 Å². The molecule has 31 heavy (non-hydrogen) atoms. The van der Waals surface area contributed by atoms with Crippen LogP contribution in [0, 0.1) is 0 Å². The first-order valence-corrected chi connectivity index (χ1v) is 10.3. The largest absolute Gasteiger partial charge is 0.484 e. The van der Waals surface area contributed by atoms with Crippen LogP contribution in [0.4, 0.5) is 5.69 Å². The molecular weight excluding hydrogens is 390 g/mol. The van der Waals surface area contributed by atoms with Crippen molar-refractivity contribution in [2.24, 2.45) is 0 Å². The monoisotopic (exact) mass is 411 g/mol. The second-order valence-electron chi connectivity index (χ2n) is 7.68. The summed E-state index contributed by atoms with van der Waals surface area (Å²) in [5.41, 5.74) is 5.08. The van der Waals surface area contributed by atoms with Crippen molar-refractivity contribution in [3.63, 3.8) is 0 Å². The average molecular weight is 411 g/mol. The van der Waals surface area contributed by atoms with Gasteiger partial charge in [-0.25, -0.2) is 0 Å². The summed E-state index contributed by atoms with van der Waals surface area (Å²) in [4.78, 5) is 25.1. The highest BCUT2D eigenvalue weighted by Gasteiger charge is 2.13. The van der Waals surface area contributed by atoms with Crippen LogP contribution in [0.5, 0.6) is 5.75 Å². The number of nitrogens with one attached hydrogen (secondary N) is 1. The third-order valence-electron chi connectivity index (χ3n) is 5.58. The van der Waals surface area contributed by atoms with Crippen LogP contribution < -0.4 is 15.5 Å². The van der Waals surface area contributed by atoms with E-state index >= 15 is 0 Å². The van der Waals surface area contributed by atoms with Gasteiger partial charge in [-0.3, -0.25) is 9.59 Å². The fourth-order valence-corrected chi connectivity index (χ4v) is 4.01. The van der Waals surface area contributed by atoms with Crippen molar-refractivity contribution in [1.29, 1.82) is 0 Å². The minimum absolute atomic E-state index is 0.103. The molecule has 5 rings (SSSR count). The first kappa shape index (κ1) is 19.1. The summed E-state index contributed by atoms with van der Waals surface area (Å²) in [7, 11) is 0. The van der Waals surface area contributed by atoms with Crippen LogP contribution in [0.3, 0.4) is 0 Å². The molecule has 1 aliphatic rings. The number of ether oxygens (including phenoxy) is 1. The lowest BCUT2D eigenvalue weighted by Gasteiger charge is -2.09. The predicted octanol–water partition coefficient (Wildman–Crippen LogP) is 4.97. The molecule has 4 aromatic rings. The van der Waals surface area contributed by atoms with E-state index in [9.17, 15) is 9.59 Å². The number of benzene rings is 3. The first-order chi connectivity index (χ1) is 15.2. The lowest BCUT2D eigenvalue weighted by molar-refractivity contribution is -0.118. The van der Waals surface area contributed by atoms with Crippen molar-refractivity contribution >= 4 is 22.6 Å². The van der Waals surface area contributed by atoms with Crippen LogP contribution in [0.25, 0.3) is 22.1 Å². The molecule has 0 unspecified atom stereocenters. The van der Waals surface area contributed by atoms with Crippen molar-refractivity contribution in [3.8, 4) is 16.9 Å². The van der Waals surface area contributed by atoms with Gasteiger partial charge in [0.05, 0.1) is 10.9 Å². The fourth-order valence-electron chi connectivity index (χ4n) is 4.01. The van der Waals surface area contributed by atoms with Gasteiger partial charge in [-0.2, -0.15) is 0 Å². The van der Waals surface area contributed by atoms with E-state index in [1.54, 1.807) is 18.2 Å². The number of aryl methyl sites for hydroxylation is 2. The molecule has 0 radical (unpaired) electrons. The number of hydrogen-bond acceptors (Lipinski definition) is 4. The molecule has 5 heteroatoms. The molecule has 1 N–H and O–H groups in total. The summed E-state index contributed by atoms with van der Waals surface area (Å²) < 4.78 is 11.3. The molecule has 0 fully saturated rings. The second kappa shape index (κ2) is 8.11. The Kier molecular flexibility index (Phi) is 5.00. The molecule has 0 saturated carbocycles. The lowest BCUT2D eigenvalue weighted by atomic mass is 10.1. The van der Waals surface area contributed by atoms with Gasteiger partial charge in [-0.15, -0.1) is 0 Å². The van der Waals surface area contributed by atoms with E-state index in [0.717, 1.165) is 24.1 Å². The van der Waals surface area contributed by atoms with Crippen molar-refractivity contribution in [2.45, 2.75) is 19.3 Å². The second-order valence-corrected chi connectivity index (χ2v) is 7.68. The highest BCUT2D eigenvalue weighted by atomic mass is 16.5. The Morgan fingerprint density at radius 2 is 1.81 bits per heavy atom. The topological polar surface area (TPSA) is 68.5 Å². The maximum Gasteiger partial charge on any atom is 0.262 e. The molecule has 1 heterocycles. The van der Waals surface area contributed by atoms with E-state index in [1.807, 2.05) is 42.5 Å². The quantitative estimate of drug-likeness (QED) is 0.504. The number of fused-ring (bicyclic) bond motifs is 2. The van der Waals surface area contributed by atoms with Gasteiger partial charge in [-0.05, 0) is 60.2 Å². The van der Waals surface area contributed by atoms with Crippen LogP contribution in [0.1, 0.15) is 17.5 Å². The van der Waals surface area contributed by atoms with Crippen LogP contribution in [-0.2, 0) is 17.6 Å². The van der Waals surface area contributed by atoms with Gasteiger partial charge in [0.15, 0.2) is 12.0 Å². The van der Waals surface area contributed by atoms with Crippen LogP contribution in [0.15, 0.2) is 82.2 Å². The van der Waals surface area contributed by atoms with Gasteiger partial charge in [0, 0.05) is 11.8 Å². The van der Waals surface area contributed by atoms with Crippen LogP contribution in [-0.4, -0.2) is 12.5 Å². The van der Waals surface area contributed by atoms with Gasteiger partial charge in [-0.1, -0.05) is 36.4 Å². The molecule has 0 bridgehead atoms. The Bertz CT molecular complexity index is 1320. The molecule has 0 saturated heterocycles. The number of anilines is 1. The molecule has 1 aliphatic carbocycles. The van der Waals surface area contributed by atoms with Crippen LogP contribution in [0.2, 0.25) is 0 Å². The van der Waals surface area contributed by atoms with Gasteiger partial charge in [0.1, 0.15) is 17.6 Å². The van der Waals surface area contributed by atoms with E-state index in [-0.39, 0.29) is 17.9 Å². The van der Waals surface area contributed by atoms with E-state index < -0.39 is 0 Å². The molecule has 1 amide bonds. The Morgan fingerprint density at radius 1 is 0.968 bits per heavy atom. The minimum atomic E-state index is -0.237. The van der Waals surface area contributed by atoms with E-state index in [2.05, 4.69) is 11.4 Å². The van der Waals surface area contributed by atoms with Gasteiger partial charge in [0.2, 0.25) is 0 Å². The summed E-state index contributed by atoms with van der Waals surface area (Å²) in [6.45, 7) is -0.130. The van der Waals surface area contributed by atoms with Gasteiger partial charge < -0.3 is 14.5 Å². The van der Waals surface area contributed by atoms with Crippen LogP contribution >= 0.6 is 0 Å². The lowest BCUT2D eigenvalue weighted by Crippen LogP contribution is -2.20. The third-order valence-corrected chi connectivity index (χ3v) is 5.58. The number of amides is 1. The molecule has 154 valence electrons. The zero-order chi connectivity index (χ0) is 21.2. The van der Waals surface area contributed by atoms with E-state index in [0.29, 0.717) is 22.3 Å². The van der Waals surface area contributed by atoms with Crippen molar-refractivity contribution in [1.82, 2.24) is 0 Å². The summed E-state index contributed by atoms with van der Waals surface area (Å²) in [6, 6.07) is 20.4.